The molecule has 1 aromatic carbocycles. The molecule has 2 rings (SSSR count). The fraction of sp³-hybridized carbons (Fsp3) is 0.421. The third-order valence-corrected chi connectivity index (χ3v) is 5.60. The van der Waals surface area contributed by atoms with Crippen LogP contribution in [-0.2, 0) is 5.41 Å². The number of hydrogen-bond acceptors (Lipinski definition) is 1. The molecular formula is C19H13F9IN. The van der Waals surface area contributed by atoms with Gasteiger partial charge in [-0.1, -0.05) is 42.8 Å². The highest BCUT2D eigenvalue weighted by Gasteiger charge is 2.87. The van der Waals surface area contributed by atoms with Crippen molar-refractivity contribution in [2.24, 2.45) is 0 Å². The van der Waals surface area contributed by atoms with E-state index in [4.69, 9.17) is 0 Å². The third-order valence-electron chi connectivity index (χ3n) is 4.91. The molecule has 0 amide bonds. The minimum Gasteiger partial charge on any atom is -0.225 e. The van der Waals surface area contributed by atoms with Crippen molar-refractivity contribution < 1.29 is 39.5 Å². The lowest BCUT2D eigenvalue weighted by Crippen LogP contribution is -2.71. The number of alkyl halides is 9. The molecule has 1 aliphatic carbocycles. The molecule has 164 valence electrons. The maximum Gasteiger partial charge on any atom is 0.457 e. The summed E-state index contributed by atoms with van der Waals surface area (Å²) in [5.41, 5.74) is -11.3. The highest BCUT2D eigenvalue weighted by atomic mass is 127. The lowest BCUT2D eigenvalue weighted by atomic mass is 9.61. The van der Waals surface area contributed by atoms with E-state index in [0.717, 1.165) is 18.2 Å². The van der Waals surface area contributed by atoms with Gasteiger partial charge in [-0.25, -0.2) is 4.39 Å². The summed E-state index contributed by atoms with van der Waals surface area (Å²) in [5, 5.41) is 9.28. The van der Waals surface area contributed by atoms with Crippen molar-refractivity contribution in [1.29, 1.82) is 5.26 Å². The standard InChI is InChI=1S/C19H13F9IN/c1-2-11-7-13(29)9-15(8-11,14-6-4-3-5-12(14)10-30)16(20,18(23,24)25)17(21,22)19(26,27)28/h3-6,8-9H,2,7H2,1H3. The van der Waals surface area contributed by atoms with Crippen LogP contribution in [0.15, 0.2) is 45.6 Å². The minimum absolute atomic E-state index is 0.0255. The molecule has 0 aliphatic heterocycles. The summed E-state index contributed by atoms with van der Waals surface area (Å²) >= 11 is 1.47. The highest BCUT2D eigenvalue weighted by molar-refractivity contribution is 14.1. The Balaban J connectivity index is 3.15. The minimum atomic E-state index is -6.86. The first-order chi connectivity index (χ1) is 13.6. The predicted molar refractivity (Wildman–Crippen MR) is 98.8 cm³/mol. The first-order valence-electron chi connectivity index (χ1n) is 8.36. The van der Waals surface area contributed by atoms with Crippen molar-refractivity contribution >= 4 is 22.6 Å². The topological polar surface area (TPSA) is 23.8 Å². The number of hydrogen-bond donors (Lipinski definition) is 0. The van der Waals surface area contributed by atoms with Gasteiger partial charge < -0.3 is 0 Å². The Bertz CT molecular complexity index is 923. The zero-order valence-electron chi connectivity index (χ0n) is 15.1. The van der Waals surface area contributed by atoms with E-state index in [1.54, 1.807) is 0 Å². The number of nitriles is 1. The number of benzene rings is 1. The summed E-state index contributed by atoms with van der Waals surface area (Å²) in [6, 6.07) is 5.34. The fourth-order valence-corrected chi connectivity index (χ4v) is 4.49. The molecule has 0 radical (unpaired) electrons. The van der Waals surface area contributed by atoms with Crippen LogP contribution in [0.1, 0.15) is 30.9 Å². The van der Waals surface area contributed by atoms with Gasteiger partial charge in [0.05, 0.1) is 17.0 Å². The summed E-state index contributed by atoms with van der Waals surface area (Å²) in [6.45, 7) is 1.44. The van der Waals surface area contributed by atoms with Crippen LogP contribution in [0.25, 0.3) is 0 Å². The maximum atomic E-state index is 15.8. The van der Waals surface area contributed by atoms with E-state index in [2.05, 4.69) is 0 Å². The Morgan fingerprint density at radius 3 is 2.00 bits per heavy atom. The van der Waals surface area contributed by atoms with Gasteiger partial charge in [-0.15, -0.1) is 0 Å². The van der Waals surface area contributed by atoms with Crippen molar-refractivity contribution in [3.05, 3.63) is 56.7 Å². The summed E-state index contributed by atoms with van der Waals surface area (Å²) in [5.74, 6) is -6.83. The second-order valence-corrected chi connectivity index (χ2v) is 8.06. The zero-order chi connectivity index (χ0) is 23.2. The van der Waals surface area contributed by atoms with E-state index >= 15 is 4.39 Å². The van der Waals surface area contributed by atoms with E-state index in [0.29, 0.717) is 12.2 Å². The smallest absolute Gasteiger partial charge is 0.225 e. The van der Waals surface area contributed by atoms with Crippen LogP contribution in [0.2, 0.25) is 0 Å². The molecule has 0 fully saturated rings. The second-order valence-electron chi connectivity index (χ2n) is 6.68. The summed E-state index contributed by atoms with van der Waals surface area (Å²) in [4.78, 5) is 0. The Morgan fingerprint density at radius 2 is 1.53 bits per heavy atom. The van der Waals surface area contributed by atoms with E-state index in [1.807, 2.05) is 0 Å². The van der Waals surface area contributed by atoms with E-state index in [1.165, 1.54) is 41.7 Å². The van der Waals surface area contributed by atoms with Crippen LogP contribution in [0.5, 0.6) is 0 Å². The van der Waals surface area contributed by atoms with Gasteiger partial charge in [0.15, 0.2) is 0 Å². The molecule has 0 N–H and O–H groups in total. The number of nitrogens with zero attached hydrogens (tertiary/aromatic N) is 1. The molecule has 1 aliphatic rings. The molecule has 0 aromatic heterocycles. The lowest BCUT2D eigenvalue weighted by Gasteiger charge is -2.48. The van der Waals surface area contributed by atoms with Crippen LogP contribution < -0.4 is 0 Å². The van der Waals surface area contributed by atoms with Crippen LogP contribution in [0.4, 0.5) is 39.5 Å². The number of rotatable bonds is 4. The molecule has 1 nitrogen and oxygen atoms in total. The van der Waals surface area contributed by atoms with Crippen molar-refractivity contribution in [3.8, 4) is 6.07 Å². The third kappa shape index (κ3) is 3.50. The van der Waals surface area contributed by atoms with Gasteiger partial charge in [-0.3, -0.25) is 0 Å². The molecule has 0 heterocycles. The zero-order valence-corrected chi connectivity index (χ0v) is 17.3. The Hall–Kier alpha value is -1.71. The highest BCUT2D eigenvalue weighted by Crippen LogP contribution is 2.63. The first-order valence-corrected chi connectivity index (χ1v) is 9.44. The normalized spacial score (nSPS) is 22.6. The lowest BCUT2D eigenvalue weighted by molar-refractivity contribution is -0.392. The average Bonchev–Trinajstić information content (AvgIpc) is 2.64. The molecule has 0 saturated heterocycles. The van der Waals surface area contributed by atoms with Crippen molar-refractivity contribution in [2.45, 2.75) is 49.1 Å². The molecule has 0 bridgehead atoms. The SMILES string of the molecule is CCC1=CC(c2ccccc2C#N)(C(F)(C(F)(F)F)C(F)(F)C(F)(F)F)C=C(I)C1. The van der Waals surface area contributed by atoms with Gasteiger partial charge in [-0.05, 0) is 50.6 Å². The molecule has 1 aromatic rings. The van der Waals surface area contributed by atoms with Gasteiger partial charge >= 0.3 is 18.3 Å². The van der Waals surface area contributed by atoms with Crippen molar-refractivity contribution in [2.75, 3.05) is 0 Å². The maximum absolute atomic E-state index is 15.8. The molecule has 0 spiro atoms. The quantitative estimate of drug-likeness (QED) is 0.218. The van der Waals surface area contributed by atoms with Crippen LogP contribution in [-0.4, -0.2) is 23.9 Å². The molecule has 2 atom stereocenters. The number of halogens is 10. The Labute approximate surface area is 179 Å². The molecule has 2 unspecified atom stereocenters. The van der Waals surface area contributed by atoms with Crippen molar-refractivity contribution in [3.63, 3.8) is 0 Å². The predicted octanol–water partition coefficient (Wildman–Crippen LogP) is 7.32. The second kappa shape index (κ2) is 7.76. The summed E-state index contributed by atoms with van der Waals surface area (Å²) in [7, 11) is 0. The molecule has 30 heavy (non-hydrogen) atoms. The van der Waals surface area contributed by atoms with Gasteiger partial charge in [-0.2, -0.15) is 40.4 Å². The van der Waals surface area contributed by atoms with Gasteiger partial charge in [0.2, 0.25) is 0 Å². The molecule has 11 heteroatoms. The molecular weight excluding hydrogens is 540 g/mol. The van der Waals surface area contributed by atoms with E-state index in [-0.39, 0.29) is 22.0 Å². The summed E-state index contributed by atoms with van der Waals surface area (Å²) in [6.07, 6.45) is -12.7. The van der Waals surface area contributed by atoms with E-state index in [9.17, 15) is 40.4 Å². The monoisotopic (exact) mass is 553 g/mol. The van der Waals surface area contributed by atoms with Crippen molar-refractivity contribution in [1.82, 2.24) is 0 Å². The van der Waals surface area contributed by atoms with Gasteiger partial charge in [0, 0.05) is 0 Å². The molecule has 0 saturated carbocycles. The first kappa shape index (κ1) is 24.6. The van der Waals surface area contributed by atoms with Gasteiger partial charge in [0.25, 0.3) is 5.67 Å². The number of allylic oxidation sites excluding steroid dienone is 4. The average molecular weight is 553 g/mol. The van der Waals surface area contributed by atoms with Crippen LogP contribution in [0.3, 0.4) is 0 Å². The van der Waals surface area contributed by atoms with Gasteiger partial charge in [0.1, 0.15) is 0 Å². The fourth-order valence-electron chi connectivity index (χ4n) is 3.51. The Morgan fingerprint density at radius 1 is 0.967 bits per heavy atom. The van der Waals surface area contributed by atoms with Crippen LogP contribution >= 0.6 is 22.6 Å². The summed E-state index contributed by atoms with van der Waals surface area (Å²) < 4.78 is 126. The Kier molecular flexibility index (Phi) is 6.36. The largest absolute Gasteiger partial charge is 0.457 e. The van der Waals surface area contributed by atoms with E-state index < -0.39 is 40.5 Å². The van der Waals surface area contributed by atoms with Crippen LogP contribution in [0, 0.1) is 11.3 Å².